The maximum atomic E-state index is 13.1. The van der Waals surface area contributed by atoms with Gasteiger partial charge in [-0.15, -0.1) is 0 Å². The molecule has 1 fully saturated rings. The van der Waals surface area contributed by atoms with Crippen molar-refractivity contribution in [1.82, 2.24) is 4.31 Å². The van der Waals surface area contributed by atoms with Crippen LogP contribution in [0.5, 0.6) is 5.75 Å². The van der Waals surface area contributed by atoms with E-state index in [1.807, 2.05) is 0 Å². The number of rotatable bonds is 6. The van der Waals surface area contributed by atoms with Gasteiger partial charge in [0.1, 0.15) is 5.75 Å². The van der Waals surface area contributed by atoms with E-state index >= 15 is 0 Å². The molecule has 1 heterocycles. The van der Waals surface area contributed by atoms with E-state index in [2.05, 4.69) is 12.2 Å². The molecule has 1 aliphatic heterocycles. The first kappa shape index (κ1) is 22.7. The van der Waals surface area contributed by atoms with Gasteiger partial charge in [0.15, 0.2) is 0 Å². The lowest BCUT2D eigenvalue weighted by Gasteiger charge is -2.29. The van der Waals surface area contributed by atoms with Crippen LogP contribution in [-0.4, -0.2) is 43.8 Å². The van der Waals surface area contributed by atoms with Crippen molar-refractivity contribution in [3.05, 3.63) is 57.6 Å². The summed E-state index contributed by atoms with van der Waals surface area (Å²) >= 11 is 0. The summed E-state index contributed by atoms with van der Waals surface area (Å²) in [6, 6.07) is 8.28. The van der Waals surface area contributed by atoms with Gasteiger partial charge in [0.05, 0.1) is 28.2 Å². The zero-order valence-corrected chi connectivity index (χ0v) is 18.4. The van der Waals surface area contributed by atoms with E-state index in [-0.39, 0.29) is 27.6 Å². The molecule has 3 rings (SSSR count). The monoisotopic (exact) mass is 447 g/mol. The van der Waals surface area contributed by atoms with Gasteiger partial charge in [-0.3, -0.25) is 14.9 Å². The number of amides is 1. The van der Waals surface area contributed by atoms with Gasteiger partial charge in [0.2, 0.25) is 10.0 Å². The summed E-state index contributed by atoms with van der Waals surface area (Å²) in [7, 11) is -2.38. The van der Waals surface area contributed by atoms with Crippen LogP contribution in [0.1, 0.15) is 35.7 Å². The third kappa shape index (κ3) is 4.86. The molecule has 0 bridgehead atoms. The summed E-state index contributed by atoms with van der Waals surface area (Å²) in [4.78, 5) is 23.5. The van der Waals surface area contributed by atoms with Gasteiger partial charge in [0.25, 0.3) is 11.6 Å². The van der Waals surface area contributed by atoms with Crippen LogP contribution in [0, 0.1) is 23.0 Å². The molecular weight excluding hydrogens is 422 g/mol. The molecule has 1 saturated heterocycles. The van der Waals surface area contributed by atoms with Crippen LogP contribution < -0.4 is 10.1 Å². The van der Waals surface area contributed by atoms with Crippen LogP contribution in [-0.2, 0) is 10.0 Å². The van der Waals surface area contributed by atoms with Crippen molar-refractivity contribution in [3.63, 3.8) is 0 Å². The van der Waals surface area contributed by atoms with Crippen molar-refractivity contribution in [3.8, 4) is 5.75 Å². The van der Waals surface area contributed by atoms with Gasteiger partial charge in [-0.1, -0.05) is 13.0 Å². The fraction of sp³-hybridized carbons (Fsp3) is 0.381. The van der Waals surface area contributed by atoms with E-state index in [4.69, 9.17) is 4.74 Å². The molecule has 0 unspecified atom stereocenters. The first-order valence-corrected chi connectivity index (χ1v) is 11.3. The Bertz CT molecular complexity index is 1110. The van der Waals surface area contributed by atoms with Gasteiger partial charge >= 0.3 is 0 Å². The average Bonchev–Trinajstić information content (AvgIpc) is 2.74. The number of nitrogens with zero attached hydrogens (tertiary/aromatic N) is 2. The van der Waals surface area contributed by atoms with Gasteiger partial charge in [0, 0.05) is 25.2 Å². The number of piperidine rings is 1. The summed E-state index contributed by atoms with van der Waals surface area (Å²) in [6.07, 6.45) is 1.57. The van der Waals surface area contributed by atoms with E-state index in [0.29, 0.717) is 24.6 Å². The quantitative estimate of drug-likeness (QED) is 0.534. The maximum absolute atomic E-state index is 13.1. The average molecular weight is 448 g/mol. The van der Waals surface area contributed by atoms with E-state index in [9.17, 15) is 23.3 Å². The van der Waals surface area contributed by atoms with E-state index in [1.54, 1.807) is 6.92 Å². The van der Waals surface area contributed by atoms with Crippen molar-refractivity contribution in [2.75, 3.05) is 25.5 Å². The summed E-state index contributed by atoms with van der Waals surface area (Å²) in [5, 5.41) is 13.7. The third-order valence-electron chi connectivity index (χ3n) is 5.48. The number of carbonyl (C=O) groups is 1. The Morgan fingerprint density at radius 1 is 1.19 bits per heavy atom. The minimum atomic E-state index is -3.76. The van der Waals surface area contributed by atoms with E-state index in [0.717, 1.165) is 12.8 Å². The second-order valence-corrected chi connectivity index (χ2v) is 9.60. The first-order valence-electron chi connectivity index (χ1n) is 9.88. The smallest absolute Gasteiger partial charge is 0.271 e. The van der Waals surface area contributed by atoms with Crippen LogP contribution in [0.15, 0.2) is 41.3 Å². The number of aryl methyl sites for hydroxylation is 1. The fourth-order valence-corrected chi connectivity index (χ4v) is 4.94. The number of nitrogens with one attached hydrogen (secondary N) is 1. The van der Waals surface area contributed by atoms with Gasteiger partial charge in [-0.2, -0.15) is 4.31 Å². The second kappa shape index (κ2) is 9.03. The van der Waals surface area contributed by atoms with Gasteiger partial charge < -0.3 is 10.1 Å². The van der Waals surface area contributed by atoms with Crippen LogP contribution in [0.25, 0.3) is 0 Å². The lowest BCUT2D eigenvalue weighted by molar-refractivity contribution is -0.384. The Balaban J connectivity index is 1.93. The molecule has 9 nitrogen and oxygen atoms in total. The Kier molecular flexibility index (Phi) is 6.61. The van der Waals surface area contributed by atoms with Gasteiger partial charge in [-0.25, -0.2) is 8.42 Å². The minimum Gasteiger partial charge on any atom is -0.496 e. The summed E-state index contributed by atoms with van der Waals surface area (Å²) in [5.41, 5.74) is 0.757. The maximum Gasteiger partial charge on any atom is 0.271 e. The molecule has 166 valence electrons. The molecule has 1 N–H and O–H groups in total. The second-order valence-electron chi connectivity index (χ2n) is 7.66. The number of benzene rings is 2. The molecule has 1 aliphatic rings. The molecule has 31 heavy (non-hydrogen) atoms. The highest BCUT2D eigenvalue weighted by Crippen LogP contribution is 2.29. The predicted octanol–water partition coefficient (Wildman–Crippen LogP) is 3.58. The Morgan fingerprint density at radius 2 is 1.87 bits per heavy atom. The largest absolute Gasteiger partial charge is 0.496 e. The third-order valence-corrected chi connectivity index (χ3v) is 7.37. The Labute approximate surface area is 181 Å². The molecule has 0 aliphatic carbocycles. The SMILES string of the molecule is COc1ccc(S(=O)(=O)N2CCC(C)CC2)cc1C(=O)Nc1cc([N+](=O)[O-])ccc1C. The molecule has 0 saturated carbocycles. The lowest BCUT2D eigenvalue weighted by atomic mass is 10.0. The van der Waals surface area contributed by atoms with Crippen molar-refractivity contribution in [2.24, 2.45) is 5.92 Å². The van der Waals surface area contributed by atoms with E-state index in [1.165, 1.54) is 47.8 Å². The minimum absolute atomic E-state index is 0.00349. The normalized spacial score (nSPS) is 15.5. The van der Waals surface area contributed by atoms with Crippen LogP contribution in [0.2, 0.25) is 0 Å². The van der Waals surface area contributed by atoms with Crippen LogP contribution >= 0.6 is 0 Å². The molecule has 0 radical (unpaired) electrons. The highest BCUT2D eigenvalue weighted by Gasteiger charge is 2.29. The highest BCUT2D eigenvalue weighted by atomic mass is 32.2. The fourth-order valence-electron chi connectivity index (χ4n) is 3.45. The zero-order valence-electron chi connectivity index (χ0n) is 17.6. The van der Waals surface area contributed by atoms with Crippen LogP contribution in [0.4, 0.5) is 11.4 Å². The molecule has 0 aromatic heterocycles. The number of carbonyl (C=O) groups excluding carboxylic acids is 1. The van der Waals surface area contributed by atoms with Crippen molar-refractivity contribution < 1.29 is 22.9 Å². The standard InChI is InChI=1S/C21H25N3O6S/c1-14-8-10-23(11-9-14)31(28,29)17-6-7-20(30-3)18(13-17)21(25)22-19-12-16(24(26)27)5-4-15(19)2/h4-7,12-14H,8-11H2,1-3H3,(H,22,25). The summed E-state index contributed by atoms with van der Waals surface area (Å²) < 4.78 is 32.8. The lowest BCUT2D eigenvalue weighted by Crippen LogP contribution is -2.37. The number of hydrogen-bond acceptors (Lipinski definition) is 6. The molecule has 0 atom stereocenters. The molecule has 0 spiro atoms. The number of anilines is 1. The zero-order chi connectivity index (χ0) is 22.8. The molecule has 1 amide bonds. The van der Waals surface area contributed by atoms with Crippen molar-refractivity contribution in [1.29, 1.82) is 0 Å². The molecule has 10 heteroatoms. The molecule has 2 aromatic carbocycles. The van der Waals surface area contributed by atoms with Crippen molar-refractivity contribution in [2.45, 2.75) is 31.6 Å². The number of nitro benzene ring substituents is 1. The predicted molar refractivity (Wildman–Crippen MR) is 116 cm³/mol. The van der Waals surface area contributed by atoms with Crippen molar-refractivity contribution >= 4 is 27.3 Å². The number of ether oxygens (including phenoxy) is 1. The highest BCUT2D eigenvalue weighted by molar-refractivity contribution is 7.89. The summed E-state index contributed by atoms with van der Waals surface area (Å²) in [5.74, 6) is 0.0541. The number of sulfonamides is 1. The van der Waals surface area contributed by atoms with Crippen LogP contribution in [0.3, 0.4) is 0 Å². The summed E-state index contributed by atoms with van der Waals surface area (Å²) in [6.45, 7) is 4.67. The first-order chi connectivity index (χ1) is 14.6. The number of nitro groups is 1. The molecule has 2 aromatic rings. The Hall–Kier alpha value is -2.98. The topological polar surface area (TPSA) is 119 Å². The van der Waals surface area contributed by atoms with E-state index < -0.39 is 20.9 Å². The Morgan fingerprint density at radius 3 is 2.48 bits per heavy atom. The number of methoxy groups -OCH3 is 1. The van der Waals surface area contributed by atoms with Gasteiger partial charge in [-0.05, 0) is 49.4 Å². The number of hydrogen-bond donors (Lipinski definition) is 1. The molecular formula is C21H25N3O6S. The number of non-ortho nitro benzene ring substituents is 1.